The number of rotatable bonds is 6. The Balaban J connectivity index is 1.38. The Kier molecular flexibility index (Phi) is 6.02. The molecule has 0 spiro atoms. The SMILES string of the molecule is COC(=O)c1cn(CC(=O)NCc2ccc(C(=O)N3CCCC3)cc2)c2ccccc12. The molecule has 0 saturated carbocycles. The Labute approximate surface area is 180 Å². The predicted octanol–water partition coefficient (Wildman–Crippen LogP) is 2.98. The van der Waals surface area contributed by atoms with Crippen LogP contribution in [0.25, 0.3) is 10.9 Å². The molecular formula is C24H25N3O4. The van der Waals surface area contributed by atoms with Gasteiger partial charge >= 0.3 is 5.97 Å². The van der Waals surface area contributed by atoms with Crippen LogP contribution >= 0.6 is 0 Å². The van der Waals surface area contributed by atoms with E-state index in [1.54, 1.807) is 10.8 Å². The van der Waals surface area contributed by atoms with Crippen LogP contribution in [0.4, 0.5) is 0 Å². The number of fused-ring (bicyclic) bond motifs is 1. The van der Waals surface area contributed by atoms with Crippen LogP contribution in [0.15, 0.2) is 54.7 Å². The van der Waals surface area contributed by atoms with Gasteiger partial charge in [-0.3, -0.25) is 9.59 Å². The molecule has 160 valence electrons. The summed E-state index contributed by atoms with van der Waals surface area (Å²) in [6.45, 7) is 2.09. The molecule has 0 bridgehead atoms. The van der Waals surface area contributed by atoms with Crippen LogP contribution in [0, 0.1) is 0 Å². The van der Waals surface area contributed by atoms with Crippen molar-refractivity contribution in [3.8, 4) is 0 Å². The van der Waals surface area contributed by atoms with Gasteiger partial charge < -0.3 is 19.5 Å². The van der Waals surface area contributed by atoms with E-state index in [4.69, 9.17) is 4.74 Å². The van der Waals surface area contributed by atoms with Crippen molar-refractivity contribution in [2.45, 2.75) is 25.9 Å². The van der Waals surface area contributed by atoms with E-state index in [9.17, 15) is 14.4 Å². The van der Waals surface area contributed by atoms with E-state index < -0.39 is 5.97 Å². The Hall–Kier alpha value is -3.61. The predicted molar refractivity (Wildman–Crippen MR) is 117 cm³/mol. The van der Waals surface area contributed by atoms with Gasteiger partial charge in [0, 0.05) is 42.3 Å². The molecule has 0 unspecified atom stereocenters. The zero-order valence-electron chi connectivity index (χ0n) is 17.5. The first-order valence-electron chi connectivity index (χ1n) is 10.4. The molecule has 1 fully saturated rings. The third kappa shape index (κ3) is 4.45. The molecule has 4 rings (SSSR count). The van der Waals surface area contributed by atoms with Gasteiger partial charge in [-0.25, -0.2) is 4.79 Å². The lowest BCUT2D eigenvalue weighted by molar-refractivity contribution is -0.121. The average Bonchev–Trinajstić information content (AvgIpc) is 3.46. The fraction of sp³-hybridized carbons (Fsp3) is 0.292. The number of nitrogens with one attached hydrogen (secondary N) is 1. The molecule has 1 aliphatic heterocycles. The van der Waals surface area contributed by atoms with Crippen molar-refractivity contribution >= 4 is 28.7 Å². The standard InChI is InChI=1S/C24H25N3O4/c1-31-24(30)20-15-27(21-7-3-2-6-19(20)21)16-22(28)25-14-17-8-10-18(11-9-17)23(29)26-12-4-5-13-26/h2-3,6-11,15H,4-5,12-14,16H2,1H3,(H,25,28). The lowest BCUT2D eigenvalue weighted by atomic mass is 10.1. The fourth-order valence-corrected chi connectivity index (χ4v) is 3.93. The van der Waals surface area contributed by atoms with Crippen LogP contribution in [-0.2, 0) is 22.6 Å². The van der Waals surface area contributed by atoms with Crippen molar-refractivity contribution < 1.29 is 19.1 Å². The first kappa shape index (κ1) is 20.7. The Morgan fingerprint density at radius 2 is 1.71 bits per heavy atom. The molecule has 0 atom stereocenters. The van der Waals surface area contributed by atoms with Crippen molar-refractivity contribution in [2.24, 2.45) is 0 Å². The number of carbonyl (C=O) groups is 3. The second kappa shape index (κ2) is 9.04. The number of amides is 2. The number of likely N-dealkylation sites (tertiary alicyclic amines) is 1. The van der Waals surface area contributed by atoms with Gasteiger partial charge in [0.15, 0.2) is 0 Å². The van der Waals surface area contributed by atoms with E-state index in [0.29, 0.717) is 17.7 Å². The second-order valence-electron chi connectivity index (χ2n) is 7.65. The summed E-state index contributed by atoms with van der Waals surface area (Å²) in [5.74, 6) is -0.540. The van der Waals surface area contributed by atoms with Crippen molar-refractivity contribution in [3.63, 3.8) is 0 Å². The molecule has 7 nitrogen and oxygen atoms in total. The summed E-state index contributed by atoms with van der Waals surface area (Å²) in [6, 6.07) is 14.8. The van der Waals surface area contributed by atoms with Gasteiger partial charge in [0.25, 0.3) is 5.91 Å². The highest BCUT2D eigenvalue weighted by Gasteiger charge is 2.19. The number of aromatic nitrogens is 1. The number of ether oxygens (including phenoxy) is 1. The normalized spacial score (nSPS) is 13.4. The summed E-state index contributed by atoms with van der Waals surface area (Å²) in [7, 11) is 1.34. The van der Waals surface area contributed by atoms with E-state index in [1.165, 1.54) is 7.11 Å². The maximum atomic E-state index is 12.5. The smallest absolute Gasteiger partial charge is 0.340 e. The Bertz CT molecular complexity index is 1110. The van der Waals surface area contributed by atoms with Crippen LogP contribution in [0.2, 0.25) is 0 Å². The minimum absolute atomic E-state index is 0.0639. The van der Waals surface area contributed by atoms with Crippen LogP contribution in [-0.4, -0.2) is 47.4 Å². The third-order valence-corrected chi connectivity index (χ3v) is 5.59. The van der Waals surface area contributed by atoms with E-state index in [-0.39, 0.29) is 18.4 Å². The molecule has 2 amide bonds. The third-order valence-electron chi connectivity index (χ3n) is 5.59. The minimum Gasteiger partial charge on any atom is -0.465 e. The highest BCUT2D eigenvalue weighted by Crippen LogP contribution is 2.22. The number of benzene rings is 2. The highest BCUT2D eigenvalue weighted by molar-refractivity contribution is 6.04. The van der Waals surface area contributed by atoms with Gasteiger partial charge in [0.2, 0.25) is 5.91 Å². The van der Waals surface area contributed by atoms with Gasteiger partial charge in [-0.05, 0) is 36.6 Å². The number of hydrogen-bond donors (Lipinski definition) is 1. The van der Waals surface area contributed by atoms with Gasteiger partial charge in [0.1, 0.15) is 6.54 Å². The number of esters is 1. The van der Waals surface area contributed by atoms with Crippen LogP contribution in [0.3, 0.4) is 0 Å². The molecular weight excluding hydrogens is 394 g/mol. The molecule has 1 aliphatic rings. The molecule has 3 aromatic rings. The first-order valence-corrected chi connectivity index (χ1v) is 10.4. The molecule has 1 aromatic heterocycles. The van der Waals surface area contributed by atoms with E-state index in [2.05, 4.69) is 5.32 Å². The zero-order chi connectivity index (χ0) is 21.8. The zero-order valence-corrected chi connectivity index (χ0v) is 17.5. The second-order valence-corrected chi connectivity index (χ2v) is 7.65. The van der Waals surface area contributed by atoms with Crippen molar-refractivity contribution in [3.05, 3.63) is 71.4 Å². The average molecular weight is 419 g/mol. The molecule has 2 heterocycles. The molecule has 7 heteroatoms. The van der Waals surface area contributed by atoms with E-state index >= 15 is 0 Å². The summed E-state index contributed by atoms with van der Waals surface area (Å²) >= 11 is 0. The molecule has 2 aromatic carbocycles. The molecule has 31 heavy (non-hydrogen) atoms. The number of carbonyl (C=O) groups excluding carboxylic acids is 3. The van der Waals surface area contributed by atoms with Gasteiger partial charge in [-0.1, -0.05) is 30.3 Å². The van der Waals surface area contributed by atoms with Gasteiger partial charge in [-0.2, -0.15) is 0 Å². The maximum absolute atomic E-state index is 12.5. The van der Waals surface area contributed by atoms with Crippen LogP contribution in [0.5, 0.6) is 0 Å². The topological polar surface area (TPSA) is 80.6 Å². The van der Waals surface area contributed by atoms with Crippen LogP contribution in [0.1, 0.15) is 39.1 Å². The summed E-state index contributed by atoms with van der Waals surface area (Å²) in [4.78, 5) is 38.9. The lowest BCUT2D eigenvalue weighted by Crippen LogP contribution is -2.28. The van der Waals surface area contributed by atoms with Crippen molar-refractivity contribution in [1.29, 1.82) is 0 Å². The number of methoxy groups -OCH3 is 1. The van der Waals surface area contributed by atoms with E-state index in [1.807, 2.05) is 53.4 Å². The summed E-state index contributed by atoms with van der Waals surface area (Å²) < 4.78 is 6.59. The minimum atomic E-state index is -0.432. The van der Waals surface area contributed by atoms with Crippen LogP contribution < -0.4 is 5.32 Å². The monoisotopic (exact) mass is 419 g/mol. The number of para-hydroxylation sites is 1. The maximum Gasteiger partial charge on any atom is 0.340 e. The largest absolute Gasteiger partial charge is 0.465 e. The van der Waals surface area contributed by atoms with Gasteiger partial charge in [0.05, 0.1) is 12.7 Å². The molecule has 0 radical (unpaired) electrons. The molecule has 1 N–H and O–H groups in total. The Morgan fingerprint density at radius 1 is 1.00 bits per heavy atom. The quantitative estimate of drug-likeness (QED) is 0.623. The molecule has 1 saturated heterocycles. The number of nitrogens with zero attached hydrogens (tertiary/aromatic N) is 2. The molecule has 0 aliphatic carbocycles. The van der Waals surface area contributed by atoms with Crippen molar-refractivity contribution in [1.82, 2.24) is 14.8 Å². The summed E-state index contributed by atoms with van der Waals surface area (Å²) in [6.07, 6.45) is 3.77. The Morgan fingerprint density at radius 3 is 2.42 bits per heavy atom. The summed E-state index contributed by atoms with van der Waals surface area (Å²) in [5.41, 5.74) is 2.82. The highest BCUT2D eigenvalue weighted by atomic mass is 16.5. The number of hydrogen-bond acceptors (Lipinski definition) is 4. The van der Waals surface area contributed by atoms with E-state index in [0.717, 1.165) is 42.4 Å². The fourth-order valence-electron chi connectivity index (χ4n) is 3.93. The lowest BCUT2D eigenvalue weighted by Gasteiger charge is -2.15. The van der Waals surface area contributed by atoms with Crippen molar-refractivity contribution in [2.75, 3.05) is 20.2 Å². The van der Waals surface area contributed by atoms with Gasteiger partial charge in [-0.15, -0.1) is 0 Å². The first-order chi connectivity index (χ1) is 15.1. The summed E-state index contributed by atoms with van der Waals surface area (Å²) in [5, 5.41) is 3.65.